The summed E-state index contributed by atoms with van der Waals surface area (Å²) >= 11 is 0. The van der Waals surface area contributed by atoms with E-state index in [9.17, 15) is 18.0 Å². The van der Waals surface area contributed by atoms with Gasteiger partial charge in [-0.2, -0.15) is 13.2 Å². The van der Waals surface area contributed by atoms with Gasteiger partial charge >= 0.3 is 12.3 Å². The van der Waals surface area contributed by atoms with E-state index in [0.717, 1.165) is 23.3 Å². The summed E-state index contributed by atoms with van der Waals surface area (Å²) in [6, 6.07) is 12.2. The van der Waals surface area contributed by atoms with Gasteiger partial charge in [-0.25, -0.2) is 4.79 Å². The van der Waals surface area contributed by atoms with Crippen molar-refractivity contribution >= 4 is 6.09 Å². The molecule has 1 aliphatic heterocycles. The standard InChI is InChI=1S/C21H22F3NO2/c1-20(2,3)27-19(26)25-13-12-14-6-4-5-7-17(14)18(25)15-8-10-16(11-9-15)21(22,23)24/h4-11,18H,12-13H2,1-3H3. The number of fused-ring (bicyclic) bond motifs is 1. The molecule has 0 aromatic heterocycles. The lowest BCUT2D eigenvalue weighted by Gasteiger charge is -2.38. The quantitative estimate of drug-likeness (QED) is 0.649. The van der Waals surface area contributed by atoms with Crippen molar-refractivity contribution in [3.63, 3.8) is 0 Å². The van der Waals surface area contributed by atoms with Crippen molar-refractivity contribution in [3.8, 4) is 0 Å². The molecule has 0 aliphatic carbocycles. The molecule has 1 heterocycles. The van der Waals surface area contributed by atoms with Crippen molar-refractivity contribution in [1.82, 2.24) is 4.90 Å². The Morgan fingerprint density at radius 3 is 2.26 bits per heavy atom. The number of ether oxygens (including phenoxy) is 1. The second-order valence-electron chi connectivity index (χ2n) is 7.64. The molecule has 1 atom stereocenters. The van der Waals surface area contributed by atoms with Crippen LogP contribution < -0.4 is 0 Å². The lowest BCUT2D eigenvalue weighted by molar-refractivity contribution is -0.137. The van der Waals surface area contributed by atoms with E-state index in [1.807, 2.05) is 24.3 Å². The molecule has 0 radical (unpaired) electrons. The van der Waals surface area contributed by atoms with Gasteiger partial charge in [-0.05, 0) is 56.0 Å². The molecular weight excluding hydrogens is 355 g/mol. The van der Waals surface area contributed by atoms with Crippen LogP contribution in [0.5, 0.6) is 0 Å². The maximum Gasteiger partial charge on any atom is 0.416 e. The van der Waals surface area contributed by atoms with Gasteiger partial charge in [0.15, 0.2) is 0 Å². The predicted octanol–water partition coefficient (Wildman–Crippen LogP) is 5.59. The van der Waals surface area contributed by atoms with Gasteiger partial charge in [0.2, 0.25) is 0 Å². The summed E-state index contributed by atoms with van der Waals surface area (Å²) < 4.78 is 44.2. The molecule has 0 fully saturated rings. The lowest BCUT2D eigenvalue weighted by Crippen LogP contribution is -2.43. The highest BCUT2D eigenvalue weighted by molar-refractivity contribution is 5.70. The van der Waals surface area contributed by atoms with Crippen LogP contribution >= 0.6 is 0 Å². The fourth-order valence-corrected chi connectivity index (χ4v) is 3.30. The molecule has 0 saturated carbocycles. The molecule has 0 N–H and O–H groups in total. The zero-order valence-corrected chi connectivity index (χ0v) is 15.5. The number of halogens is 3. The second-order valence-corrected chi connectivity index (χ2v) is 7.64. The van der Waals surface area contributed by atoms with Crippen LogP contribution in [0.2, 0.25) is 0 Å². The van der Waals surface area contributed by atoms with E-state index < -0.39 is 29.5 Å². The molecule has 0 bridgehead atoms. The van der Waals surface area contributed by atoms with E-state index in [2.05, 4.69) is 0 Å². The number of carbonyl (C=O) groups excluding carboxylic acids is 1. The van der Waals surface area contributed by atoms with Gasteiger partial charge in [-0.15, -0.1) is 0 Å². The second kappa shape index (κ2) is 6.91. The largest absolute Gasteiger partial charge is 0.444 e. The topological polar surface area (TPSA) is 29.5 Å². The first kappa shape index (κ1) is 19.3. The molecule has 144 valence electrons. The Morgan fingerprint density at radius 2 is 1.67 bits per heavy atom. The minimum Gasteiger partial charge on any atom is -0.444 e. The number of carbonyl (C=O) groups is 1. The third-order valence-corrected chi connectivity index (χ3v) is 4.47. The number of nitrogens with zero attached hydrogens (tertiary/aromatic N) is 1. The highest BCUT2D eigenvalue weighted by Crippen LogP contribution is 2.37. The van der Waals surface area contributed by atoms with E-state index in [1.54, 1.807) is 25.7 Å². The van der Waals surface area contributed by atoms with Gasteiger partial charge in [-0.3, -0.25) is 4.90 Å². The van der Waals surface area contributed by atoms with Crippen molar-refractivity contribution in [1.29, 1.82) is 0 Å². The highest BCUT2D eigenvalue weighted by Gasteiger charge is 2.35. The summed E-state index contributed by atoms with van der Waals surface area (Å²) in [6.45, 7) is 5.80. The summed E-state index contributed by atoms with van der Waals surface area (Å²) in [6.07, 6.45) is -4.19. The van der Waals surface area contributed by atoms with E-state index in [4.69, 9.17) is 4.74 Å². The molecule has 3 nitrogen and oxygen atoms in total. The molecule has 1 unspecified atom stereocenters. The maximum atomic E-state index is 12.9. The van der Waals surface area contributed by atoms with Crippen LogP contribution in [0.4, 0.5) is 18.0 Å². The van der Waals surface area contributed by atoms with Crippen LogP contribution in [0, 0.1) is 0 Å². The third-order valence-electron chi connectivity index (χ3n) is 4.47. The molecule has 6 heteroatoms. The predicted molar refractivity (Wildman–Crippen MR) is 96.4 cm³/mol. The molecule has 3 rings (SSSR count). The number of hydrogen-bond donors (Lipinski definition) is 0. The molecule has 1 aliphatic rings. The molecule has 2 aromatic rings. The first-order chi connectivity index (χ1) is 12.6. The van der Waals surface area contributed by atoms with E-state index in [-0.39, 0.29) is 0 Å². The van der Waals surface area contributed by atoms with Gasteiger partial charge in [0.05, 0.1) is 11.6 Å². The number of hydrogen-bond acceptors (Lipinski definition) is 2. The Bertz CT molecular complexity index is 823. The Hall–Kier alpha value is -2.50. The first-order valence-electron chi connectivity index (χ1n) is 8.81. The van der Waals surface area contributed by atoms with Crippen LogP contribution in [0.15, 0.2) is 48.5 Å². The molecule has 0 saturated heterocycles. The number of rotatable bonds is 1. The molecule has 0 spiro atoms. The average Bonchev–Trinajstić information content (AvgIpc) is 2.58. The zero-order valence-electron chi connectivity index (χ0n) is 15.5. The van der Waals surface area contributed by atoms with Crippen molar-refractivity contribution in [2.45, 2.75) is 45.0 Å². The first-order valence-corrected chi connectivity index (χ1v) is 8.81. The van der Waals surface area contributed by atoms with E-state index >= 15 is 0 Å². The third kappa shape index (κ3) is 4.26. The van der Waals surface area contributed by atoms with Crippen LogP contribution in [-0.4, -0.2) is 23.1 Å². The Labute approximate surface area is 156 Å². The van der Waals surface area contributed by atoms with Crippen molar-refractivity contribution in [3.05, 3.63) is 70.8 Å². The SMILES string of the molecule is CC(C)(C)OC(=O)N1CCc2ccccc2C1c1ccc(C(F)(F)F)cc1. The fourth-order valence-electron chi connectivity index (χ4n) is 3.30. The number of benzene rings is 2. The van der Waals surface area contributed by atoms with Gasteiger partial charge in [0.25, 0.3) is 0 Å². The summed E-state index contributed by atoms with van der Waals surface area (Å²) in [7, 11) is 0. The smallest absolute Gasteiger partial charge is 0.416 e. The minimum atomic E-state index is -4.39. The fraction of sp³-hybridized carbons (Fsp3) is 0.381. The van der Waals surface area contributed by atoms with E-state index in [0.29, 0.717) is 18.5 Å². The number of amides is 1. The van der Waals surface area contributed by atoms with E-state index in [1.165, 1.54) is 12.1 Å². The average molecular weight is 377 g/mol. The van der Waals surface area contributed by atoms with Crippen molar-refractivity contribution in [2.24, 2.45) is 0 Å². The molecule has 27 heavy (non-hydrogen) atoms. The number of alkyl halides is 3. The van der Waals surface area contributed by atoms with Gasteiger partial charge < -0.3 is 4.74 Å². The Morgan fingerprint density at radius 1 is 1.04 bits per heavy atom. The van der Waals surface area contributed by atoms with Crippen molar-refractivity contribution in [2.75, 3.05) is 6.54 Å². The zero-order chi connectivity index (χ0) is 19.8. The monoisotopic (exact) mass is 377 g/mol. The van der Waals surface area contributed by atoms with Gasteiger partial charge in [0, 0.05) is 6.54 Å². The van der Waals surface area contributed by atoms with Crippen LogP contribution in [0.1, 0.15) is 49.1 Å². The Balaban J connectivity index is 2.02. The highest BCUT2D eigenvalue weighted by atomic mass is 19.4. The summed E-state index contributed by atoms with van der Waals surface area (Å²) in [4.78, 5) is 14.4. The van der Waals surface area contributed by atoms with Crippen LogP contribution in [-0.2, 0) is 17.3 Å². The van der Waals surface area contributed by atoms with Crippen LogP contribution in [0.3, 0.4) is 0 Å². The van der Waals surface area contributed by atoms with Crippen LogP contribution in [0.25, 0.3) is 0 Å². The Kier molecular flexibility index (Phi) is 4.93. The van der Waals surface area contributed by atoms with Gasteiger partial charge in [0.1, 0.15) is 5.60 Å². The normalized spacial score (nSPS) is 17.4. The summed E-state index contributed by atoms with van der Waals surface area (Å²) in [5.74, 6) is 0. The summed E-state index contributed by atoms with van der Waals surface area (Å²) in [5.41, 5.74) is 1.26. The molecular formula is C21H22F3NO2. The summed E-state index contributed by atoms with van der Waals surface area (Å²) in [5, 5.41) is 0. The van der Waals surface area contributed by atoms with Gasteiger partial charge in [-0.1, -0.05) is 36.4 Å². The molecule has 1 amide bonds. The minimum absolute atomic E-state index is 0.442. The molecule has 2 aromatic carbocycles. The maximum absolute atomic E-state index is 12.9. The lowest BCUT2D eigenvalue weighted by atomic mass is 9.88. The van der Waals surface area contributed by atoms with Crippen molar-refractivity contribution < 1.29 is 22.7 Å².